The molecule has 0 heterocycles. The highest BCUT2D eigenvalue weighted by Gasteiger charge is 2.04. The minimum Gasteiger partial charge on any atom is -0.297 e. The maximum absolute atomic E-state index is 11.7. The first-order chi connectivity index (χ1) is 8.27. The number of carbonyl (C=O) groups excluding carboxylic acids is 1. The van der Waals surface area contributed by atoms with E-state index in [0.717, 1.165) is 0 Å². The number of hydrazine groups is 1. The van der Waals surface area contributed by atoms with Crippen molar-refractivity contribution in [2.45, 2.75) is 0 Å². The highest BCUT2D eigenvalue weighted by Crippen LogP contribution is 2.19. The van der Waals surface area contributed by atoms with Crippen molar-refractivity contribution in [2.75, 3.05) is 5.43 Å². The molecule has 0 bridgehead atoms. The van der Waals surface area contributed by atoms with E-state index in [9.17, 15) is 4.79 Å². The van der Waals surface area contributed by atoms with Crippen molar-refractivity contribution >= 4 is 23.2 Å². The number of carbonyl (C=O) groups is 1. The van der Waals surface area contributed by atoms with Crippen LogP contribution in [0.25, 0.3) is 0 Å². The van der Waals surface area contributed by atoms with Gasteiger partial charge >= 0.3 is 0 Å². The van der Waals surface area contributed by atoms with E-state index in [0.29, 0.717) is 16.3 Å². The minimum atomic E-state index is -0.203. The van der Waals surface area contributed by atoms with Gasteiger partial charge in [0.2, 0.25) is 0 Å². The van der Waals surface area contributed by atoms with Gasteiger partial charge in [0.05, 0.1) is 10.7 Å². The first-order valence-corrected chi connectivity index (χ1v) is 5.51. The number of nitrogens with one attached hydrogen (secondary N) is 2. The summed E-state index contributed by atoms with van der Waals surface area (Å²) in [5, 5.41) is 0.556. The third-order valence-electron chi connectivity index (χ3n) is 2.22. The Morgan fingerprint density at radius 1 is 0.941 bits per heavy atom. The molecule has 0 aliphatic carbocycles. The van der Waals surface area contributed by atoms with Gasteiger partial charge in [0.15, 0.2) is 0 Å². The second-order valence-electron chi connectivity index (χ2n) is 3.42. The van der Waals surface area contributed by atoms with E-state index in [1.165, 1.54) is 0 Å². The lowest BCUT2D eigenvalue weighted by Gasteiger charge is -2.09. The summed E-state index contributed by atoms with van der Waals surface area (Å²) in [7, 11) is 0. The van der Waals surface area contributed by atoms with Gasteiger partial charge in [-0.15, -0.1) is 0 Å². The van der Waals surface area contributed by atoms with Gasteiger partial charge in [-0.2, -0.15) is 0 Å². The second kappa shape index (κ2) is 5.37. The van der Waals surface area contributed by atoms with Gasteiger partial charge in [0, 0.05) is 5.56 Å². The maximum atomic E-state index is 11.7. The fourth-order valence-corrected chi connectivity index (χ4v) is 1.53. The molecule has 0 radical (unpaired) electrons. The molecule has 0 fully saturated rings. The number of amides is 1. The third kappa shape index (κ3) is 2.98. The zero-order valence-corrected chi connectivity index (χ0v) is 9.74. The fourth-order valence-electron chi connectivity index (χ4n) is 1.35. The summed E-state index contributed by atoms with van der Waals surface area (Å²) in [4.78, 5) is 11.7. The quantitative estimate of drug-likeness (QED) is 0.817. The Kier molecular flexibility index (Phi) is 3.62. The summed E-state index contributed by atoms with van der Waals surface area (Å²) < 4.78 is 0. The van der Waals surface area contributed by atoms with E-state index in [-0.39, 0.29) is 5.91 Å². The third-order valence-corrected chi connectivity index (χ3v) is 2.55. The molecule has 2 rings (SSSR count). The molecule has 0 aliphatic rings. The Labute approximate surface area is 104 Å². The molecular weight excluding hydrogens is 236 g/mol. The predicted octanol–water partition coefficient (Wildman–Crippen LogP) is 3.10. The molecule has 1 amide bonds. The summed E-state index contributed by atoms with van der Waals surface area (Å²) in [5.74, 6) is -0.203. The number of hydrogen-bond donors (Lipinski definition) is 2. The lowest BCUT2D eigenvalue weighted by atomic mass is 10.2. The molecule has 0 saturated heterocycles. The van der Waals surface area contributed by atoms with Gasteiger partial charge < -0.3 is 0 Å². The van der Waals surface area contributed by atoms with E-state index in [2.05, 4.69) is 10.9 Å². The van der Waals surface area contributed by atoms with Crippen molar-refractivity contribution in [3.05, 3.63) is 65.2 Å². The van der Waals surface area contributed by atoms with Crippen LogP contribution in [-0.4, -0.2) is 5.91 Å². The summed E-state index contributed by atoms with van der Waals surface area (Å²) in [5.41, 5.74) is 6.62. The summed E-state index contributed by atoms with van der Waals surface area (Å²) in [6, 6.07) is 16.2. The predicted molar refractivity (Wildman–Crippen MR) is 69.0 cm³/mol. The first kappa shape index (κ1) is 11.5. The number of halogens is 1. The van der Waals surface area contributed by atoms with Crippen LogP contribution in [0.1, 0.15) is 10.4 Å². The molecule has 2 N–H and O–H groups in total. The molecule has 0 saturated carbocycles. The van der Waals surface area contributed by atoms with Crippen LogP contribution in [0.4, 0.5) is 5.69 Å². The molecule has 0 atom stereocenters. The number of hydrogen-bond acceptors (Lipinski definition) is 2. The molecule has 4 heteroatoms. The minimum absolute atomic E-state index is 0.203. The lowest BCUT2D eigenvalue weighted by Crippen LogP contribution is -2.29. The number of anilines is 1. The lowest BCUT2D eigenvalue weighted by molar-refractivity contribution is 0.0962. The van der Waals surface area contributed by atoms with E-state index in [1.807, 2.05) is 30.3 Å². The van der Waals surface area contributed by atoms with Crippen molar-refractivity contribution in [1.29, 1.82) is 0 Å². The van der Waals surface area contributed by atoms with Gasteiger partial charge in [-0.3, -0.25) is 15.6 Å². The topological polar surface area (TPSA) is 41.1 Å². The molecule has 0 unspecified atom stereocenters. The second-order valence-corrected chi connectivity index (χ2v) is 3.83. The van der Waals surface area contributed by atoms with Crippen molar-refractivity contribution in [2.24, 2.45) is 0 Å². The molecule has 2 aromatic rings. The van der Waals surface area contributed by atoms with Gasteiger partial charge in [0.25, 0.3) is 5.91 Å². The van der Waals surface area contributed by atoms with Crippen molar-refractivity contribution < 1.29 is 4.79 Å². The highest BCUT2D eigenvalue weighted by atomic mass is 35.5. The Hall–Kier alpha value is -2.00. The summed E-state index contributed by atoms with van der Waals surface area (Å²) in [6.07, 6.45) is 0. The van der Waals surface area contributed by atoms with Gasteiger partial charge in [0.1, 0.15) is 0 Å². The zero-order valence-electron chi connectivity index (χ0n) is 8.98. The smallest absolute Gasteiger partial charge is 0.269 e. The largest absolute Gasteiger partial charge is 0.297 e. The van der Waals surface area contributed by atoms with Crippen LogP contribution in [0.5, 0.6) is 0 Å². The average molecular weight is 247 g/mol. The van der Waals surface area contributed by atoms with E-state index < -0.39 is 0 Å². The van der Waals surface area contributed by atoms with Gasteiger partial charge in [-0.25, -0.2) is 0 Å². The van der Waals surface area contributed by atoms with Crippen molar-refractivity contribution in [3.8, 4) is 0 Å². The molecule has 0 aliphatic heterocycles. The fraction of sp³-hybridized carbons (Fsp3) is 0. The molecular formula is C13H11ClN2O. The zero-order chi connectivity index (χ0) is 12.1. The van der Waals surface area contributed by atoms with Crippen LogP contribution >= 0.6 is 11.6 Å². The number of para-hydroxylation sites is 1. The van der Waals surface area contributed by atoms with Crippen LogP contribution in [-0.2, 0) is 0 Å². The van der Waals surface area contributed by atoms with Crippen LogP contribution in [0, 0.1) is 0 Å². The van der Waals surface area contributed by atoms with Crippen molar-refractivity contribution in [1.82, 2.24) is 5.43 Å². The molecule has 17 heavy (non-hydrogen) atoms. The Bertz CT molecular complexity index is 514. The molecule has 86 valence electrons. The average Bonchev–Trinajstić information content (AvgIpc) is 2.38. The van der Waals surface area contributed by atoms with Crippen LogP contribution in [0.3, 0.4) is 0 Å². The molecule has 0 aromatic heterocycles. The van der Waals surface area contributed by atoms with Crippen LogP contribution < -0.4 is 10.9 Å². The first-order valence-electron chi connectivity index (χ1n) is 5.13. The number of rotatable bonds is 3. The molecule has 0 spiro atoms. The number of benzene rings is 2. The normalized spacial score (nSPS) is 9.71. The van der Waals surface area contributed by atoms with Gasteiger partial charge in [-0.05, 0) is 24.3 Å². The van der Waals surface area contributed by atoms with Crippen LogP contribution in [0.2, 0.25) is 5.02 Å². The molecule has 3 nitrogen and oxygen atoms in total. The highest BCUT2D eigenvalue weighted by molar-refractivity contribution is 6.33. The Balaban J connectivity index is 2.00. The van der Waals surface area contributed by atoms with E-state index in [1.54, 1.807) is 24.3 Å². The Morgan fingerprint density at radius 2 is 1.59 bits per heavy atom. The summed E-state index contributed by atoms with van der Waals surface area (Å²) >= 11 is 5.94. The molecule has 2 aromatic carbocycles. The van der Waals surface area contributed by atoms with Crippen LogP contribution in [0.15, 0.2) is 54.6 Å². The maximum Gasteiger partial charge on any atom is 0.269 e. The van der Waals surface area contributed by atoms with E-state index >= 15 is 0 Å². The summed E-state index contributed by atoms with van der Waals surface area (Å²) in [6.45, 7) is 0. The van der Waals surface area contributed by atoms with E-state index in [4.69, 9.17) is 11.6 Å². The van der Waals surface area contributed by atoms with Crippen molar-refractivity contribution in [3.63, 3.8) is 0 Å². The standard InChI is InChI=1S/C13H11ClN2O/c14-11-8-4-5-9-12(11)15-16-13(17)10-6-2-1-3-7-10/h1-9,15H,(H,16,17). The Morgan fingerprint density at radius 3 is 2.29 bits per heavy atom. The SMILES string of the molecule is O=C(NNc1ccccc1Cl)c1ccccc1. The monoisotopic (exact) mass is 246 g/mol. The van der Waals surface area contributed by atoms with Gasteiger partial charge in [-0.1, -0.05) is 41.9 Å².